The Kier molecular flexibility index (Phi) is 4.01. The second-order valence-corrected chi connectivity index (χ2v) is 6.53. The summed E-state index contributed by atoms with van der Waals surface area (Å²) in [7, 11) is 0. The highest BCUT2D eigenvalue weighted by Gasteiger charge is 2.54. The molecule has 3 nitrogen and oxygen atoms in total. The number of halogens is 3. The predicted octanol–water partition coefficient (Wildman–Crippen LogP) is 2.49. The normalized spacial score (nSPS) is 34.5. The third kappa shape index (κ3) is 2.64. The van der Waals surface area contributed by atoms with Crippen LogP contribution in [0.5, 0.6) is 0 Å². The van der Waals surface area contributed by atoms with Gasteiger partial charge in [-0.15, -0.1) is 0 Å². The van der Waals surface area contributed by atoms with E-state index in [2.05, 4.69) is 0 Å². The van der Waals surface area contributed by atoms with E-state index in [1.54, 1.807) is 0 Å². The summed E-state index contributed by atoms with van der Waals surface area (Å²) in [6.45, 7) is 2.09. The van der Waals surface area contributed by atoms with Gasteiger partial charge in [-0.25, -0.2) is 0 Å². The van der Waals surface area contributed by atoms with Crippen LogP contribution >= 0.6 is 12.2 Å². The monoisotopic (exact) mass is 308 g/mol. The Balaban J connectivity index is 2.11. The van der Waals surface area contributed by atoms with Crippen LogP contribution in [0.3, 0.4) is 0 Å². The molecule has 1 aliphatic heterocycles. The lowest BCUT2D eigenvalue weighted by Gasteiger charge is -2.48. The highest BCUT2D eigenvalue weighted by Crippen LogP contribution is 2.48. The molecule has 1 saturated heterocycles. The van der Waals surface area contributed by atoms with Crippen molar-refractivity contribution < 1.29 is 18.0 Å². The molecule has 0 spiro atoms. The van der Waals surface area contributed by atoms with Crippen molar-refractivity contribution in [2.24, 2.45) is 23.0 Å². The first-order valence-electron chi connectivity index (χ1n) is 6.83. The molecular weight excluding hydrogens is 289 g/mol. The number of nitrogens with zero attached hydrogens (tertiary/aromatic N) is 1. The third-order valence-corrected chi connectivity index (χ3v) is 4.84. The molecule has 2 aliphatic rings. The van der Waals surface area contributed by atoms with Gasteiger partial charge in [0.05, 0.1) is 16.3 Å². The van der Waals surface area contributed by atoms with Crippen LogP contribution in [0.2, 0.25) is 0 Å². The minimum atomic E-state index is -4.25. The van der Waals surface area contributed by atoms with Gasteiger partial charge in [-0.1, -0.05) is 19.1 Å². The molecule has 1 aliphatic carbocycles. The summed E-state index contributed by atoms with van der Waals surface area (Å²) < 4.78 is 38.4. The zero-order valence-electron chi connectivity index (χ0n) is 11.4. The number of thiocarbonyl (C=S) groups is 1. The van der Waals surface area contributed by atoms with E-state index in [1.807, 2.05) is 6.92 Å². The molecule has 1 saturated carbocycles. The summed E-state index contributed by atoms with van der Waals surface area (Å²) in [6.07, 6.45) is -2.69. The minimum Gasteiger partial charge on any atom is -0.392 e. The average molecular weight is 308 g/mol. The smallest absolute Gasteiger partial charge is 0.392 e. The fourth-order valence-corrected chi connectivity index (χ4v) is 3.60. The molecule has 7 heteroatoms. The Morgan fingerprint density at radius 1 is 1.40 bits per heavy atom. The number of carbonyl (C=O) groups excluding carboxylic acids is 1. The van der Waals surface area contributed by atoms with E-state index >= 15 is 0 Å². The number of likely N-dealkylation sites (tertiary alicyclic amines) is 1. The molecule has 0 radical (unpaired) electrons. The molecule has 2 fully saturated rings. The molecule has 20 heavy (non-hydrogen) atoms. The molecule has 114 valence electrons. The second-order valence-electron chi connectivity index (χ2n) is 6.09. The zero-order chi connectivity index (χ0) is 15.1. The van der Waals surface area contributed by atoms with E-state index in [1.165, 1.54) is 4.90 Å². The van der Waals surface area contributed by atoms with Gasteiger partial charge >= 0.3 is 6.18 Å². The lowest BCUT2D eigenvalue weighted by molar-refractivity contribution is -0.190. The number of alkyl halides is 3. The number of piperidine rings is 1. The molecule has 2 N–H and O–H groups in total. The Hall–Kier alpha value is -0.850. The Bertz CT molecular complexity index is 418. The molecule has 1 amide bonds. The van der Waals surface area contributed by atoms with Gasteiger partial charge in [0.1, 0.15) is 0 Å². The topological polar surface area (TPSA) is 46.3 Å². The third-order valence-electron chi connectivity index (χ3n) is 4.45. The number of rotatable bonds is 2. The van der Waals surface area contributed by atoms with Crippen molar-refractivity contribution >= 4 is 23.1 Å². The number of hydrogen-bond donors (Lipinski definition) is 1. The van der Waals surface area contributed by atoms with Crippen LogP contribution in [0.1, 0.15) is 32.6 Å². The van der Waals surface area contributed by atoms with Crippen LogP contribution in [0.25, 0.3) is 0 Å². The minimum absolute atomic E-state index is 0.0871. The molecular formula is C13H19F3N2OS. The molecule has 1 heterocycles. The van der Waals surface area contributed by atoms with Crippen LogP contribution in [0.15, 0.2) is 0 Å². The number of amides is 1. The summed E-state index contributed by atoms with van der Waals surface area (Å²) in [5, 5.41) is 0. The highest BCUT2D eigenvalue weighted by atomic mass is 32.1. The molecule has 1 unspecified atom stereocenters. The quantitative estimate of drug-likeness (QED) is 0.797. The van der Waals surface area contributed by atoms with E-state index in [0.29, 0.717) is 31.7 Å². The fourth-order valence-electron chi connectivity index (χ4n) is 3.34. The van der Waals surface area contributed by atoms with E-state index in [4.69, 9.17) is 18.0 Å². The predicted molar refractivity (Wildman–Crippen MR) is 73.0 cm³/mol. The van der Waals surface area contributed by atoms with Gasteiger partial charge in [0.2, 0.25) is 5.91 Å². The second kappa shape index (κ2) is 5.16. The van der Waals surface area contributed by atoms with Crippen LogP contribution < -0.4 is 5.73 Å². The van der Waals surface area contributed by atoms with Gasteiger partial charge < -0.3 is 10.6 Å². The first-order chi connectivity index (χ1) is 9.17. The lowest BCUT2D eigenvalue weighted by Crippen LogP contribution is -2.59. The maximum atomic E-state index is 12.8. The molecule has 0 aromatic carbocycles. The molecule has 2 rings (SSSR count). The Morgan fingerprint density at radius 3 is 2.45 bits per heavy atom. The van der Waals surface area contributed by atoms with Crippen molar-refractivity contribution in [1.82, 2.24) is 4.90 Å². The van der Waals surface area contributed by atoms with Gasteiger partial charge in [-0.05, 0) is 31.6 Å². The van der Waals surface area contributed by atoms with Gasteiger partial charge in [0.15, 0.2) is 0 Å². The van der Waals surface area contributed by atoms with Gasteiger partial charge in [-0.3, -0.25) is 4.79 Å². The van der Waals surface area contributed by atoms with Crippen molar-refractivity contribution in [2.75, 3.05) is 13.1 Å². The fraction of sp³-hybridized carbons (Fsp3) is 0.846. The van der Waals surface area contributed by atoms with Gasteiger partial charge in [0, 0.05) is 13.1 Å². The standard InChI is InChI=1S/C13H19F3N2OS/c1-8-5-12(6-8,10(17)20)11(19)18-4-2-3-9(7-18)13(14,15)16/h8-9H,2-7H2,1H3,(H2,17,20). The van der Waals surface area contributed by atoms with Crippen molar-refractivity contribution in [3.63, 3.8) is 0 Å². The van der Waals surface area contributed by atoms with E-state index in [9.17, 15) is 18.0 Å². The van der Waals surface area contributed by atoms with Crippen LogP contribution in [-0.2, 0) is 4.79 Å². The number of nitrogens with two attached hydrogens (primary N) is 1. The number of carbonyl (C=O) groups is 1. The average Bonchev–Trinajstić information content (AvgIpc) is 2.32. The Morgan fingerprint density at radius 2 is 2.00 bits per heavy atom. The number of hydrogen-bond acceptors (Lipinski definition) is 2. The largest absolute Gasteiger partial charge is 0.393 e. The summed E-state index contributed by atoms with van der Waals surface area (Å²) in [6, 6.07) is 0. The van der Waals surface area contributed by atoms with Crippen LogP contribution in [-0.4, -0.2) is 35.1 Å². The van der Waals surface area contributed by atoms with Crippen molar-refractivity contribution in [1.29, 1.82) is 0 Å². The van der Waals surface area contributed by atoms with Crippen LogP contribution in [0, 0.1) is 17.3 Å². The molecule has 0 bridgehead atoms. The molecule has 0 aromatic heterocycles. The molecule has 0 aromatic rings. The van der Waals surface area contributed by atoms with E-state index in [0.717, 1.165) is 0 Å². The lowest BCUT2D eigenvalue weighted by atomic mass is 9.61. The van der Waals surface area contributed by atoms with Crippen molar-refractivity contribution in [3.8, 4) is 0 Å². The summed E-state index contributed by atoms with van der Waals surface area (Å²) >= 11 is 4.99. The van der Waals surface area contributed by atoms with Crippen molar-refractivity contribution in [3.05, 3.63) is 0 Å². The SMILES string of the molecule is CC1CC(C(=O)N2CCCC(C(F)(F)F)C2)(C(N)=S)C1. The maximum Gasteiger partial charge on any atom is 0.393 e. The van der Waals surface area contributed by atoms with Gasteiger partial charge in [-0.2, -0.15) is 13.2 Å². The summed E-state index contributed by atoms with van der Waals surface area (Å²) in [5.74, 6) is -1.40. The van der Waals surface area contributed by atoms with E-state index in [-0.39, 0.29) is 23.9 Å². The van der Waals surface area contributed by atoms with Crippen molar-refractivity contribution in [2.45, 2.75) is 38.8 Å². The maximum absolute atomic E-state index is 12.8. The van der Waals surface area contributed by atoms with Crippen LogP contribution in [0.4, 0.5) is 13.2 Å². The highest BCUT2D eigenvalue weighted by molar-refractivity contribution is 7.80. The van der Waals surface area contributed by atoms with E-state index < -0.39 is 17.5 Å². The zero-order valence-corrected chi connectivity index (χ0v) is 12.2. The van der Waals surface area contributed by atoms with Gasteiger partial charge in [0.25, 0.3) is 0 Å². The summed E-state index contributed by atoms with van der Waals surface area (Å²) in [5.41, 5.74) is 4.78. The molecule has 1 atom stereocenters. The summed E-state index contributed by atoms with van der Waals surface area (Å²) in [4.78, 5) is 14.0. The Labute approximate surface area is 121 Å². The first-order valence-corrected chi connectivity index (χ1v) is 7.23. The first kappa shape index (κ1) is 15.5.